The lowest BCUT2D eigenvalue weighted by Crippen LogP contribution is -2.30. The molecular weight excluding hydrogens is 288 g/mol. The molecule has 1 N–H and O–H groups in total. The molecule has 4 nitrogen and oxygen atoms in total. The van der Waals surface area contributed by atoms with E-state index >= 15 is 0 Å². The third-order valence-corrected chi connectivity index (χ3v) is 5.05. The molecule has 4 heteroatoms. The van der Waals surface area contributed by atoms with E-state index in [-0.39, 0.29) is 17.1 Å². The van der Waals surface area contributed by atoms with Crippen LogP contribution < -0.4 is 5.32 Å². The number of carbonyl (C=O) groups excluding carboxylic acids is 2. The third-order valence-electron chi connectivity index (χ3n) is 5.05. The fourth-order valence-electron chi connectivity index (χ4n) is 3.82. The highest BCUT2D eigenvalue weighted by atomic mass is 16.1. The molecule has 0 radical (unpaired) electrons. The van der Waals surface area contributed by atoms with Crippen molar-refractivity contribution in [2.75, 3.05) is 0 Å². The Kier molecular flexibility index (Phi) is 4.11. The molecular formula is C19H28N2O2. The summed E-state index contributed by atoms with van der Waals surface area (Å²) >= 11 is 0. The molecule has 126 valence electrons. The molecule has 0 aliphatic heterocycles. The smallest absolute Gasteiger partial charge is 0.224 e. The van der Waals surface area contributed by atoms with E-state index in [1.165, 1.54) is 0 Å². The van der Waals surface area contributed by atoms with Crippen molar-refractivity contribution in [1.29, 1.82) is 0 Å². The van der Waals surface area contributed by atoms with E-state index in [0.29, 0.717) is 18.9 Å². The molecule has 0 bridgehead atoms. The van der Waals surface area contributed by atoms with Crippen molar-refractivity contribution in [3.05, 3.63) is 22.5 Å². The van der Waals surface area contributed by atoms with Gasteiger partial charge < -0.3 is 9.88 Å². The van der Waals surface area contributed by atoms with Gasteiger partial charge in [0.15, 0.2) is 5.78 Å². The molecule has 3 rings (SSSR count). The number of nitrogens with one attached hydrogen (secondary N) is 1. The normalized spacial score (nSPS) is 19.6. The molecule has 0 saturated heterocycles. The summed E-state index contributed by atoms with van der Waals surface area (Å²) in [6.45, 7) is 9.45. The number of nitrogens with zero attached hydrogens (tertiary/aromatic N) is 1. The van der Waals surface area contributed by atoms with Crippen molar-refractivity contribution >= 4 is 11.7 Å². The number of rotatable bonds is 5. The third kappa shape index (κ3) is 3.22. The minimum Gasteiger partial charge on any atom is -0.353 e. The van der Waals surface area contributed by atoms with Gasteiger partial charge in [-0.1, -0.05) is 20.8 Å². The summed E-state index contributed by atoms with van der Waals surface area (Å²) in [6.07, 6.45) is 5.05. The maximum atomic E-state index is 12.8. The number of amides is 1. The summed E-state index contributed by atoms with van der Waals surface area (Å²) in [5, 5.41) is 3.05. The lowest BCUT2D eigenvalue weighted by molar-refractivity contribution is -0.120. The lowest BCUT2D eigenvalue weighted by atomic mass is 9.75. The van der Waals surface area contributed by atoms with Crippen LogP contribution in [-0.2, 0) is 24.2 Å². The quantitative estimate of drug-likeness (QED) is 0.907. The highest BCUT2D eigenvalue weighted by molar-refractivity contribution is 6.01. The van der Waals surface area contributed by atoms with Gasteiger partial charge >= 0.3 is 0 Å². The Bertz CT molecular complexity index is 651. The molecule has 2 aliphatic carbocycles. The van der Waals surface area contributed by atoms with E-state index in [2.05, 4.69) is 37.6 Å². The van der Waals surface area contributed by atoms with Gasteiger partial charge in [0.1, 0.15) is 0 Å². The SMILES string of the molecule is CCCn1c(C)c(CC(=O)NC2CC2)c2c1CC(C)(C)CC2=O. The van der Waals surface area contributed by atoms with Gasteiger partial charge in [-0.15, -0.1) is 0 Å². The molecule has 0 aromatic carbocycles. The number of Topliss-reactive ketones (excluding diaryl/α,β-unsaturated/α-hetero) is 1. The number of aromatic nitrogens is 1. The maximum Gasteiger partial charge on any atom is 0.224 e. The van der Waals surface area contributed by atoms with Crippen LogP contribution in [0.2, 0.25) is 0 Å². The van der Waals surface area contributed by atoms with Crippen molar-refractivity contribution in [2.24, 2.45) is 5.41 Å². The number of ketones is 1. The van der Waals surface area contributed by atoms with Crippen molar-refractivity contribution in [3.8, 4) is 0 Å². The van der Waals surface area contributed by atoms with Crippen molar-refractivity contribution in [2.45, 2.75) is 78.8 Å². The molecule has 1 aromatic heterocycles. The Hall–Kier alpha value is -1.58. The van der Waals surface area contributed by atoms with Gasteiger partial charge in [0.05, 0.1) is 6.42 Å². The zero-order valence-corrected chi connectivity index (χ0v) is 14.8. The Labute approximate surface area is 138 Å². The van der Waals surface area contributed by atoms with Gasteiger partial charge in [-0.3, -0.25) is 9.59 Å². The van der Waals surface area contributed by atoms with Crippen LogP contribution in [-0.4, -0.2) is 22.3 Å². The molecule has 1 heterocycles. The van der Waals surface area contributed by atoms with Crippen LogP contribution in [0.4, 0.5) is 0 Å². The predicted molar refractivity (Wildman–Crippen MR) is 90.8 cm³/mol. The van der Waals surface area contributed by atoms with Crippen LogP contribution >= 0.6 is 0 Å². The molecule has 1 saturated carbocycles. The summed E-state index contributed by atoms with van der Waals surface area (Å²) < 4.78 is 2.29. The van der Waals surface area contributed by atoms with Crippen LogP contribution in [0, 0.1) is 12.3 Å². The van der Waals surface area contributed by atoms with E-state index in [1.54, 1.807) is 0 Å². The first-order valence-electron chi connectivity index (χ1n) is 8.86. The minimum atomic E-state index is 0.00785. The number of hydrogen-bond donors (Lipinski definition) is 1. The first-order valence-corrected chi connectivity index (χ1v) is 8.86. The lowest BCUT2D eigenvalue weighted by Gasteiger charge is -2.30. The van der Waals surface area contributed by atoms with Crippen LogP contribution in [0.3, 0.4) is 0 Å². The highest BCUT2D eigenvalue weighted by Gasteiger charge is 2.37. The largest absolute Gasteiger partial charge is 0.353 e. The van der Waals surface area contributed by atoms with Crippen molar-refractivity contribution in [3.63, 3.8) is 0 Å². The van der Waals surface area contributed by atoms with E-state index < -0.39 is 0 Å². The average molecular weight is 316 g/mol. The predicted octanol–water partition coefficient (Wildman–Crippen LogP) is 3.18. The monoisotopic (exact) mass is 316 g/mol. The number of carbonyl (C=O) groups is 2. The number of fused-ring (bicyclic) bond motifs is 1. The number of hydrogen-bond acceptors (Lipinski definition) is 2. The standard InChI is InChI=1S/C19H28N2O2/c1-5-8-21-12(2)14(9-17(23)20-13-6-7-13)18-15(21)10-19(3,4)11-16(18)22/h13H,5-11H2,1-4H3,(H,20,23). The van der Waals surface area contributed by atoms with E-state index in [1.807, 2.05) is 0 Å². The zero-order valence-electron chi connectivity index (χ0n) is 14.8. The fourth-order valence-corrected chi connectivity index (χ4v) is 3.82. The Morgan fingerprint density at radius 3 is 2.61 bits per heavy atom. The van der Waals surface area contributed by atoms with Crippen LogP contribution in [0.25, 0.3) is 0 Å². The Morgan fingerprint density at radius 1 is 1.30 bits per heavy atom. The summed E-state index contributed by atoms with van der Waals surface area (Å²) in [6, 6.07) is 0.367. The van der Waals surface area contributed by atoms with Gasteiger partial charge in [-0.25, -0.2) is 0 Å². The van der Waals surface area contributed by atoms with E-state index in [9.17, 15) is 9.59 Å². The molecule has 1 fully saturated rings. The summed E-state index contributed by atoms with van der Waals surface area (Å²) in [4.78, 5) is 25.0. The van der Waals surface area contributed by atoms with Gasteiger partial charge in [-0.05, 0) is 43.6 Å². The molecule has 23 heavy (non-hydrogen) atoms. The molecule has 0 spiro atoms. The highest BCUT2D eigenvalue weighted by Crippen LogP contribution is 2.39. The Morgan fingerprint density at radius 2 is 2.00 bits per heavy atom. The fraction of sp³-hybridized carbons (Fsp3) is 0.684. The molecule has 0 atom stereocenters. The zero-order chi connectivity index (χ0) is 16.8. The van der Waals surface area contributed by atoms with Crippen molar-refractivity contribution < 1.29 is 9.59 Å². The van der Waals surface area contributed by atoms with Crippen LogP contribution in [0.1, 0.15) is 73.8 Å². The maximum absolute atomic E-state index is 12.8. The summed E-state index contributed by atoms with van der Waals surface area (Å²) in [7, 11) is 0. The van der Waals surface area contributed by atoms with Gasteiger partial charge in [0.25, 0.3) is 0 Å². The summed E-state index contributed by atoms with van der Waals surface area (Å²) in [5.41, 5.74) is 4.08. The molecule has 1 amide bonds. The van der Waals surface area contributed by atoms with Crippen LogP contribution in [0.5, 0.6) is 0 Å². The molecule has 0 unspecified atom stereocenters. The second-order valence-electron chi connectivity index (χ2n) is 8.00. The second kappa shape index (κ2) is 5.81. The molecule has 2 aliphatic rings. The first kappa shape index (κ1) is 16.3. The van der Waals surface area contributed by atoms with E-state index in [0.717, 1.165) is 54.7 Å². The average Bonchev–Trinajstić information content (AvgIpc) is 3.20. The van der Waals surface area contributed by atoms with Gasteiger partial charge in [-0.2, -0.15) is 0 Å². The molecule has 1 aromatic rings. The topological polar surface area (TPSA) is 51.1 Å². The van der Waals surface area contributed by atoms with E-state index in [4.69, 9.17) is 0 Å². The minimum absolute atomic E-state index is 0.00785. The van der Waals surface area contributed by atoms with Gasteiger partial charge in [0.2, 0.25) is 5.91 Å². The first-order chi connectivity index (χ1) is 10.8. The van der Waals surface area contributed by atoms with Crippen LogP contribution in [0.15, 0.2) is 0 Å². The second-order valence-corrected chi connectivity index (χ2v) is 8.00. The van der Waals surface area contributed by atoms with Crippen molar-refractivity contribution in [1.82, 2.24) is 9.88 Å². The van der Waals surface area contributed by atoms with Gasteiger partial charge in [0, 0.05) is 36.0 Å². The summed E-state index contributed by atoms with van der Waals surface area (Å²) in [5.74, 6) is 0.271. The Balaban J connectivity index is 1.98.